The number of carbonyl (C=O) groups excluding carboxylic acids is 1. The molecule has 3 nitrogen and oxygen atoms in total. The lowest BCUT2D eigenvalue weighted by Gasteiger charge is -2.36. The third-order valence-corrected chi connectivity index (χ3v) is 3.55. The lowest BCUT2D eigenvalue weighted by molar-refractivity contribution is -0.0570. The summed E-state index contributed by atoms with van der Waals surface area (Å²) in [5.41, 5.74) is 0.899. The van der Waals surface area contributed by atoms with Crippen molar-refractivity contribution in [2.24, 2.45) is 0 Å². The second-order valence-electron chi connectivity index (χ2n) is 4.90. The predicted octanol–water partition coefficient (Wildman–Crippen LogP) is 2.60. The van der Waals surface area contributed by atoms with Crippen molar-refractivity contribution in [2.45, 2.75) is 26.1 Å². The van der Waals surface area contributed by atoms with Crippen LogP contribution in [0.2, 0.25) is 0 Å². The third kappa shape index (κ3) is 3.25. The third-order valence-electron chi connectivity index (χ3n) is 3.20. The first-order valence-corrected chi connectivity index (χ1v) is 6.81. The molecule has 2 unspecified atom stereocenters. The molecular weight excluding hydrogens is 269 g/mol. The van der Waals surface area contributed by atoms with Crippen molar-refractivity contribution in [3.63, 3.8) is 0 Å². The summed E-state index contributed by atoms with van der Waals surface area (Å²) in [6, 6.07) is 4.55. The molecule has 104 valence electrons. The molecule has 0 radical (unpaired) electrons. The Hall–Kier alpha value is -1.13. The Kier molecular flexibility index (Phi) is 4.42. The average molecular weight is 286 g/mol. The van der Waals surface area contributed by atoms with E-state index in [0.29, 0.717) is 30.1 Å². The average Bonchev–Trinajstić information content (AvgIpc) is 2.40. The van der Waals surface area contributed by atoms with Gasteiger partial charge in [0.15, 0.2) is 0 Å². The molecule has 0 saturated carbocycles. The topological polar surface area (TPSA) is 29.5 Å². The van der Waals surface area contributed by atoms with E-state index in [1.807, 2.05) is 6.92 Å². The number of benzene rings is 1. The Labute approximate surface area is 117 Å². The summed E-state index contributed by atoms with van der Waals surface area (Å²) < 4.78 is 19.1. The van der Waals surface area contributed by atoms with Crippen LogP contribution in [-0.4, -0.2) is 42.0 Å². The fourth-order valence-electron chi connectivity index (χ4n) is 2.20. The fraction of sp³-hybridized carbons (Fsp3) is 0.500. The fourth-order valence-corrected chi connectivity index (χ4v) is 2.38. The van der Waals surface area contributed by atoms with Crippen LogP contribution in [-0.2, 0) is 4.74 Å². The van der Waals surface area contributed by atoms with Crippen molar-refractivity contribution >= 4 is 17.5 Å². The van der Waals surface area contributed by atoms with Crippen LogP contribution in [0, 0.1) is 12.7 Å². The molecular formula is C14H17ClFNO2. The number of alkyl halides is 1. The Bertz CT molecular complexity index is 481. The number of hydrogen-bond acceptors (Lipinski definition) is 2. The quantitative estimate of drug-likeness (QED) is 0.782. The molecule has 1 saturated heterocycles. The molecule has 1 aliphatic rings. The maximum atomic E-state index is 13.5. The highest BCUT2D eigenvalue weighted by atomic mass is 35.5. The summed E-state index contributed by atoms with van der Waals surface area (Å²) in [6.07, 6.45) is -0.221. The first kappa shape index (κ1) is 14.3. The molecule has 0 aliphatic carbocycles. The second-order valence-corrected chi connectivity index (χ2v) is 5.21. The maximum Gasteiger partial charge on any atom is 0.254 e. The van der Waals surface area contributed by atoms with E-state index in [4.69, 9.17) is 16.3 Å². The number of amides is 1. The van der Waals surface area contributed by atoms with Crippen LogP contribution in [0.4, 0.5) is 4.39 Å². The number of halogens is 2. The monoisotopic (exact) mass is 285 g/mol. The summed E-state index contributed by atoms with van der Waals surface area (Å²) in [5, 5.41) is 0. The molecule has 1 aliphatic heterocycles. The van der Waals surface area contributed by atoms with Crippen LogP contribution in [0.15, 0.2) is 18.2 Å². The molecule has 1 aromatic carbocycles. The van der Waals surface area contributed by atoms with Gasteiger partial charge in [-0.15, -0.1) is 11.6 Å². The molecule has 0 aromatic heterocycles. The minimum atomic E-state index is -0.360. The zero-order chi connectivity index (χ0) is 14.0. The van der Waals surface area contributed by atoms with Gasteiger partial charge in [-0.25, -0.2) is 4.39 Å². The predicted molar refractivity (Wildman–Crippen MR) is 72.1 cm³/mol. The van der Waals surface area contributed by atoms with E-state index in [2.05, 4.69) is 0 Å². The zero-order valence-corrected chi connectivity index (χ0v) is 11.8. The highest BCUT2D eigenvalue weighted by Gasteiger charge is 2.28. The van der Waals surface area contributed by atoms with Gasteiger partial charge in [0.05, 0.1) is 18.1 Å². The van der Waals surface area contributed by atoms with Crippen LogP contribution in [0.3, 0.4) is 0 Å². The first-order chi connectivity index (χ1) is 9.01. The summed E-state index contributed by atoms with van der Waals surface area (Å²) in [4.78, 5) is 14.0. The first-order valence-electron chi connectivity index (χ1n) is 6.28. The largest absolute Gasteiger partial charge is 0.370 e. The van der Waals surface area contributed by atoms with Crippen molar-refractivity contribution < 1.29 is 13.9 Å². The van der Waals surface area contributed by atoms with Crippen LogP contribution < -0.4 is 0 Å². The molecule has 1 fully saturated rings. The van der Waals surface area contributed by atoms with Gasteiger partial charge < -0.3 is 9.64 Å². The lowest BCUT2D eigenvalue weighted by atomic mass is 10.1. The molecule has 1 heterocycles. The Morgan fingerprint density at radius 3 is 2.89 bits per heavy atom. The smallest absolute Gasteiger partial charge is 0.254 e. The standard InChI is InChI=1S/C14H17ClFNO2/c1-9-3-4-11(5-13(9)16)14(18)17-7-10(2)19-12(6-15)8-17/h3-5,10,12H,6-8H2,1-2H3. The van der Waals surface area contributed by atoms with Gasteiger partial charge in [0.2, 0.25) is 0 Å². The van der Waals surface area contributed by atoms with Gasteiger partial charge in [-0.2, -0.15) is 0 Å². The molecule has 0 spiro atoms. The van der Waals surface area contributed by atoms with Gasteiger partial charge in [-0.3, -0.25) is 4.79 Å². The molecule has 1 amide bonds. The van der Waals surface area contributed by atoms with E-state index in [1.165, 1.54) is 6.07 Å². The number of carbonyl (C=O) groups is 1. The minimum absolute atomic E-state index is 0.0586. The molecule has 5 heteroatoms. The second kappa shape index (κ2) is 5.88. The van der Waals surface area contributed by atoms with Crippen molar-refractivity contribution in [3.8, 4) is 0 Å². The van der Waals surface area contributed by atoms with E-state index < -0.39 is 0 Å². The van der Waals surface area contributed by atoms with Gasteiger partial charge in [0.25, 0.3) is 5.91 Å². The Balaban J connectivity index is 2.16. The number of rotatable bonds is 2. The molecule has 1 aromatic rings. The highest BCUT2D eigenvalue weighted by molar-refractivity contribution is 6.18. The van der Waals surface area contributed by atoms with Crippen molar-refractivity contribution in [1.29, 1.82) is 0 Å². The van der Waals surface area contributed by atoms with E-state index in [-0.39, 0.29) is 23.9 Å². The van der Waals surface area contributed by atoms with Crippen molar-refractivity contribution in [1.82, 2.24) is 4.90 Å². The van der Waals surface area contributed by atoms with Gasteiger partial charge in [-0.05, 0) is 31.5 Å². The van der Waals surface area contributed by atoms with Crippen molar-refractivity contribution in [2.75, 3.05) is 19.0 Å². The maximum absolute atomic E-state index is 13.5. The molecule has 2 rings (SSSR count). The number of hydrogen-bond donors (Lipinski definition) is 0. The summed E-state index contributed by atoms with van der Waals surface area (Å²) in [6.45, 7) is 4.52. The number of aryl methyl sites for hydroxylation is 1. The van der Waals surface area contributed by atoms with E-state index in [9.17, 15) is 9.18 Å². The summed E-state index contributed by atoms with van der Waals surface area (Å²) in [5.74, 6) is -0.193. The van der Waals surface area contributed by atoms with Gasteiger partial charge >= 0.3 is 0 Å². The number of ether oxygens (including phenoxy) is 1. The molecule has 2 atom stereocenters. The molecule has 0 bridgehead atoms. The van der Waals surface area contributed by atoms with E-state index in [0.717, 1.165) is 0 Å². The van der Waals surface area contributed by atoms with Gasteiger partial charge in [-0.1, -0.05) is 6.07 Å². The molecule has 0 N–H and O–H groups in total. The van der Waals surface area contributed by atoms with E-state index in [1.54, 1.807) is 24.0 Å². The zero-order valence-electron chi connectivity index (χ0n) is 11.0. The lowest BCUT2D eigenvalue weighted by Crippen LogP contribution is -2.49. The van der Waals surface area contributed by atoms with Crippen LogP contribution >= 0.6 is 11.6 Å². The van der Waals surface area contributed by atoms with Gasteiger partial charge in [0.1, 0.15) is 5.82 Å². The van der Waals surface area contributed by atoms with Crippen molar-refractivity contribution in [3.05, 3.63) is 35.1 Å². The summed E-state index contributed by atoms with van der Waals surface area (Å²) in [7, 11) is 0. The van der Waals surface area contributed by atoms with Gasteiger partial charge in [0, 0.05) is 18.7 Å². The summed E-state index contributed by atoms with van der Waals surface area (Å²) >= 11 is 5.78. The minimum Gasteiger partial charge on any atom is -0.370 e. The van der Waals surface area contributed by atoms with Crippen LogP contribution in [0.25, 0.3) is 0 Å². The van der Waals surface area contributed by atoms with Crippen LogP contribution in [0.1, 0.15) is 22.8 Å². The molecule has 19 heavy (non-hydrogen) atoms. The number of nitrogens with zero attached hydrogens (tertiary/aromatic N) is 1. The Morgan fingerprint density at radius 1 is 1.53 bits per heavy atom. The highest BCUT2D eigenvalue weighted by Crippen LogP contribution is 2.17. The normalized spacial score (nSPS) is 23.5. The number of morpholine rings is 1. The Morgan fingerprint density at radius 2 is 2.26 bits per heavy atom. The SMILES string of the molecule is Cc1ccc(C(=O)N2CC(C)OC(CCl)C2)cc1F. The van der Waals surface area contributed by atoms with Crippen LogP contribution in [0.5, 0.6) is 0 Å². The van der Waals surface area contributed by atoms with E-state index >= 15 is 0 Å².